The predicted molar refractivity (Wildman–Crippen MR) is 100 cm³/mol. The van der Waals surface area contributed by atoms with Crippen molar-refractivity contribution >= 4 is 29.3 Å². The maximum Gasteiger partial charge on any atom is 0.272 e. The number of nitrogens with one attached hydrogen (secondary N) is 1. The lowest BCUT2D eigenvalue weighted by atomic mass is 10.1. The standard InChI is InChI=1S/C19H14ClN3OS/c1-25-19-21-10-15(20)17(23-19)18(24)22-16-13-8-4-2-6-11(13)12-7-3-5-9-14(12)16/h2-10,16H,1H3,(H,22,24). The fourth-order valence-corrected chi connectivity index (χ4v) is 3.64. The summed E-state index contributed by atoms with van der Waals surface area (Å²) >= 11 is 7.51. The van der Waals surface area contributed by atoms with Crippen LogP contribution in [0.5, 0.6) is 0 Å². The fourth-order valence-electron chi connectivity index (χ4n) is 3.12. The van der Waals surface area contributed by atoms with E-state index in [9.17, 15) is 4.79 Å². The van der Waals surface area contributed by atoms with Crippen LogP contribution in [-0.4, -0.2) is 22.1 Å². The minimum Gasteiger partial charge on any atom is -0.340 e. The molecule has 0 atom stereocenters. The molecule has 1 heterocycles. The summed E-state index contributed by atoms with van der Waals surface area (Å²) in [5, 5.41) is 3.84. The second-order valence-electron chi connectivity index (χ2n) is 5.63. The van der Waals surface area contributed by atoms with Crippen LogP contribution in [0.25, 0.3) is 11.1 Å². The Morgan fingerprint density at radius 1 is 1.08 bits per heavy atom. The van der Waals surface area contributed by atoms with Gasteiger partial charge in [0.2, 0.25) is 0 Å². The second-order valence-corrected chi connectivity index (χ2v) is 6.81. The lowest BCUT2D eigenvalue weighted by Gasteiger charge is -2.16. The first-order valence-electron chi connectivity index (χ1n) is 7.74. The summed E-state index contributed by atoms with van der Waals surface area (Å²) in [5.41, 5.74) is 4.63. The van der Waals surface area contributed by atoms with Gasteiger partial charge in [-0.1, -0.05) is 71.9 Å². The first kappa shape index (κ1) is 16.1. The van der Waals surface area contributed by atoms with E-state index in [1.54, 1.807) is 0 Å². The first-order valence-corrected chi connectivity index (χ1v) is 9.35. The van der Waals surface area contributed by atoms with Gasteiger partial charge in [0.1, 0.15) is 0 Å². The highest BCUT2D eigenvalue weighted by atomic mass is 35.5. The summed E-state index contributed by atoms with van der Waals surface area (Å²) in [4.78, 5) is 21.2. The Bertz CT molecular complexity index is 931. The molecule has 3 aromatic rings. The third-order valence-electron chi connectivity index (χ3n) is 4.23. The number of nitrogens with zero attached hydrogens (tertiary/aromatic N) is 2. The zero-order valence-electron chi connectivity index (χ0n) is 13.4. The van der Waals surface area contributed by atoms with E-state index in [1.807, 2.05) is 42.7 Å². The number of amides is 1. The Hall–Kier alpha value is -2.37. The summed E-state index contributed by atoms with van der Waals surface area (Å²) in [6, 6.07) is 16.0. The van der Waals surface area contributed by atoms with E-state index in [1.165, 1.54) is 18.0 Å². The Labute approximate surface area is 154 Å². The molecule has 1 aliphatic carbocycles. The molecule has 4 nitrogen and oxygen atoms in total. The third kappa shape index (κ3) is 2.79. The molecule has 1 aliphatic rings. The molecule has 0 saturated carbocycles. The van der Waals surface area contributed by atoms with E-state index < -0.39 is 0 Å². The molecule has 0 fully saturated rings. The van der Waals surface area contributed by atoms with Crippen molar-refractivity contribution in [3.05, 3.63) is 76.6 Å². The van der Waals surface area contributed by atoms with Crippen LogP contribution in [0.1, 0.15) is 27.7 Å². The van der Waals surface area contributed by atoms with Crippen LogP contribution in [0, 0.1) is 0 Å². The Kier molecular flexibility index (Phi) is 4.19. The number of benzene rings is 2. The highest BCUT2D eigenvalue weighted by molar-refractivity contribution is 7.98. The smallest absolute Gasteiger partial charge is 0.272 e. The van der Waals surface area contributed by atoms with E-state index in [0.717, 1.165) is 22.3 Å². The average molecular weight is 368 g/mol. The normalized spacial score (nSPS) is 12.6. The number of carbonyl (C=O) groups is 1. The van der Waals surface area contributed by atoms with Gasteiger partial charge < -0.3 is 5.32 Å². The number of thioether (sulfide) groups is 1. The zero-order valence-corrected chi connectivity index (χ0v) is 14.9. The van der Waals surface area contributed by atoms with Crippen LogP contribution in [0.4, 0.5) is 0 Å². The summed E-state index contributed by atoms with van der Waals surface area (Å²) in [7, 11) is 0. The minimum absolute atomic E-state index is 0.197. The van der Waals surface area contributed by atoms with Gasteiger partial charge in [0, 0.05) is 0 Å². The molecule has 0 bridgehead atoms. The molecule has 1 amide bonds. The zero-order chi connectivity index (χ0) is 17.4. The van der Waals surface area contributed by atoms with Gasteiger partial charge in [0.05, 0.1) is 17.3 Å². The van der Waals surface area contributed by atoms with Gasteiger partial charge in [-0.15, -0.1) is 0 Å². The number of fused-ring (bicyclic) bond motifs is 3. The first-order chi connectivity index (χ1) is 12.2. The van der Waals surface area contributed by atoms with Crippen LogP contribution in [0.3, 0.4) is 0 Å². The third-order valence-corrected chi connectivity index (χ3v) is 5.07. The fraction of sp³-hybridized carbons (Fsp3) is 0.105. The molecule has 2 aromatic carbocycles. The van der Waals surface area contributed by atoms with Gasteiger partial charge in [-0.05, 0) is 28.5 Å². The van der Waals surface area contributed by atoms with E-state index >= 15 is 0 Å². The number of carbonyl (C=O) groups excluding carboxylic acids is 1. The number of rotatable bonds is 3. The SMILES string of the molecule is CSc1ncc(Cl)c(C(=O)NC2c3ccccc3-c3ccccc32)n1. The topological polar surface area (TPSA) is 54.9 Å². The van der Waals surface area contributed by atoms with E-state index in [2.05, 4.69) is 27.4 Å². The second kappa shape index (κ2) is 6.50. The Balaban J connectivity index is 1.73. The molecule has 1 aromatic heterocycles. The largest absolute Gasteiger partial charge is 0.340 e. The van der Waals surface area contributed by atoms with Crippen molar-refractivity contribution in [1.82, 2.24) is 15.3 Å². The van der Waals surface area contributed by atoms with Crippen molar-refractivity contribution in [2.75, 3.05) is 6.26 Å². The maximum absolute atomic E-state index is 12.8. The van der Waals surface area contributed by atoms with Crippen LogP contribution in [0.15, 0.2) is 59.9 Å². The number of hydrogen-bond donors (Lipinski definition) is 1. The van der Waals surface area contributed by atoms with Gasteiger partial charge in [-0.2, -0.15) is 0 Å². The maximum atomic E-state index is 12.8. The highest BCUT2D eigenvalue weighted by Gasteiger charge is 2.30. The molecule has 1 N–H and O–H groups in total. The molecule has 0 spiro atoms. The monoisotopic (exact) mass is 367 g/mol. The predicted octanol–water partition coefficient (Wildman–Crippen LogP) is 4.35. The van der Waals surface area contributed by atoms with Gasteiger partial charge in [0.25, 0.3) is 5.91 Å². The van der Waals surface area contributed by atoms with E-state index in [4.69, 9.17) is 11.6 Å². The van der Waals surface area contributed by atoms with Crippen molar-refractivity contribution < 1.29 is 4.79 Å². The molecular formula is C19H14ClN3OS. The van der Waals surface area contributed by atoms with Gasteiger partial charge >= 0.3 is 0 Å². The van der Waals surface area contributed by atoms with Gasteiger partial charge in [-0.3, -0.25) is 4.79 Å². The van der Waals surface area contributed by atoms with Crippen LogP contribution >= 0.6 is 23.4 Å². The van der Waals surface area contributed by atoms with Crippen molar-refractivity contribution in [2.45, 2.75) is 11.2 Å². The number of aromatic nitrogens is 2. The summed E-state index contributed by atoms with van der Waals surface area (Å²) in [6.07, 6.45) is 3.32. The van der Waals surface area contributed by atoms with Gasteiger partial charge in [0.15, 0.2) is 10.9 Å². The molecular weight excluding hydrogens is 354 g/mol. The molecule has 0 aliphatic heterocycles. The molecule has 124 valence electrons. The number of hydrogen-bond acceptors (Lipinski definition) is 4. The van der Waals surface area contributed by atoms with Crippen LogP contribution in [0.2, 0.25) is 5.02 Å². The lowest BCUT2D eigenvalue weighted by molar-refractivity contribution is 0.0938. The lowest BCUT2D eigenvalue weighted by Crippen LogP contribution is -2.29. The van der Waals surface area contributed by atoms with Crippen molar-refractivity contribution in [1.29, 1.82) is 0 Å². The molecule has 0 unspecified atom stereocenters. The minimum atomic E-state index is -0.306. The van der Waals surface area contributed by atoms with Crippen molar-refractivity contribution in [3.63, 3.8) is 0 Å². The molecule has 6 heteroatoms. The molecule has 0 radical (unpaired) electrons. The summed E-state index contributed by atoms with van der Waals surface area (Å²) < 4.78 is 0. The summed E-state index contributed by atoms with van der Waals surface area (Å²) in [5.74, 6) is -0.306. The van der Waals surface area contributed by atoms with Crippen LogP contribution < -0.4 is 5.32 Å². The Morgan fingerprint density at radius 3 is 2.28 bits per heavy atom. The molecule has 4 rings (SSSR count). The molecule has 0 saturated heterocycles. The Morgan fingerprint density at radius 2 is 1.68 bits per heavy atom. The highest BCUT2D eigenvalue weighted by Crippen LogP contribution is 2.43. The summed E-state index contributed by atoms with van der Waals surface area (Å²) in [6.45, 7) is 0. The number of halogens is 1. The average Bonchev–Trinajstić information content (AvgIpc) is 2.96. The van der Waals surface area contributed by atoms with Crippen LogP contribution in [-0.2, 0) is 0 Å². The quantitative estimate of drug-likeness (QED) is 0.552. The molecule has 25 heavy (non-hydrogen) atoms. The van der Waals surface area contributed by atoms with E-state index in [0.29, 0.717) is 5.16 Å². The van der Waals surface area contributed by atoms with Crippen molar-refractivity contribution in [3.8, 4) is 11.1 Å². The van der Waals surface area contributed by atoms with Crippen molar-refractivity contribution in [2.24, 2.45) is 0 Å². The van der Waals surface area contributed by atoms with Gasteiger partial charge in [-0.25, -0.2) is 9.97 Å². The van der Waals surface area contributed by atoms with E-state index in [-0.39, 0.29) is 22.7 Å².